The summed E-state index contributed by atoms with van der Waals surface area (Å²) in [6.07, 6.45) is 2.34. The van der Waals surface area contributed by atoms with E-state index in [-0.39, 0.29) is 5.91 Å². The molecule has 1 rings (SSSR count). The van der Waals surface area contributed by atoms with Crippen LogP contribution in [-0.4, -0.2) is 26.3 Å². The normalized spacial score (nSPS) is 10.4. The van der Waals surface area contributed by atoms with Gasteiger partial charge in [0.2, 0.25) is 5.91 Å². The van der Waals surface area contributed by atoms with E-state index in [9.17, 15) is 4.79 Å². The van der Waals surface area contributed by atoms with Gasteiger partial charge in [-0.3, -0.25) is 4.79 Å². The van der Waals surface area contributed by atoms with Crippen LogP contribution in [0.5, 0.6) is 11.5 Å². The summed E-state index contributed by atoms with van der Waals surface area (Å²) >= 11 is 0. The van der Waals surface area contributed by atoms with Crippen molar-refractivity contribution in [1.82, 2.24) is 5.43 Å². The summed E-state index contributed by atoms with van der Waals surface area (Å²) in [5.74, 6) is 1.28. The number of carbonyl (C=O) groups is 1. The highest BCUT2D eigenvalue weighted by molar-refractivity contribution is 5.86. The van der Waals surface area contributed by atoms with Gasteiger partial charge < -0.3 is 9.47 Å². The summed E-state index contributed by atoms with van der Waals surface area (Å²) in [5, 5.41) is 3.84. The summed E-state index contributed by atoms with van der Waals surface area (Å²) in [6, 6.07) is 3.69. The lowest BCUT2D eigenvalue weighted by atomic mass is 10.1. The van der Waals surface area contributed by atoms with E-state index in [4.69, 9.17) is 9.47 Å². The minimum atomic E-state index is -0.213. The Morgan fingerprint density at radius 2 is 2.11 bits per heavy atom. The Morgan fingerprint density at radius 1 is 1.39 bits per heavy atom. The maximum atomic E-state index is 10.7. The molecule has 0 spiro atoms. The lowest BCUT2D eigenvalue weighted by Gasteiger charge is -2.13. The van der Waals surface area contributed by atoms with E-state index in [0.29, 0.717) is 5.75 Å². The molecule has 18 heavy (non-hydrogen) atoms. The van der Waals surface area contributed by atoms with Gasteiger partial charge in [0.1, 0.15) is 11.5 Å². The van der Waals surface area contributed by atoms with E-state index in [1.54, 1.807) is 20.4 Å². The second kappa shape index (κ2) is 6.64. The number of hydrazone groups is 1. The predicted molar refractivity (Wildman–Crippen MR) is 70.3 cm³/mol. The summed E-state index contributed by atoms with van der Waals surface area (Å²) in [5.41, 5.74) is 4.13. The van der Waals surface area contributed by atoms with Gasteiger partial charge in [-0.05, 0) is 18.6 Å². The van der Waals surface area contributed by atoms with Gasteiger partial charge in [-0.25, -0.2) is 5.43 Å². The quantitative estimate of drug-likeness (QED) is 0.639. The largest absolute Gasteiger partial charge is 0.496 e. The average Bonchev–Trinajstić information content (AvgIpc) is 2.37. The van der Waals surface area contributed by atoms with Gasteiger partial charge in [-0.1, -0.05) is 6.92 Å². The number of hydrogen-bond acceptors (Lipinski definition) is 4. The number of ether oxygens (including phenoxy) is 2. The van der Waals surface area contributed by atoms with Crippen LogP contribution in [0.2, 0.25) is 0 Å². The lowest BCUT2D eigenvalue weighted by Crippen LogP contribution is -2.12. The fourth-order valence-corrected chi connectivity index (χ4v) is 1.69. The van der Waals surface area contributed by atoms with Crippen LogP contribution in [0.1, 0.15) is 25.0 Å². The molecule has 5 heteroatoms. The smallest absolute Gasteiger partial charge is 0.236 e. The molecule has 0 atom stereocenters. The van der Waals surface area contributed by atoms with E-state index in [1.165, 1.54) is 6.92 Å². The molecule has 0 aromatic heterocycles. The number of carbonyl (C=O) groups excluding carboxylic acids is 1. The third kappa shape index (κ3) is 3.23. The topological polar surface area (TPSA) is 59.9 Å². The van der Waals surface area contributed by atoms with Crippen molar-refractivity contribution in [1.29, 1.82) is 0 Å². The summed E-state index contributed by atoms with van der Waals surface area (Å²) < 4.78 is 10.7. The predicted octanol–water partition coefficient (Wildman–Crippen LogP) is 1.74. The zero-order valence-electron chi connectivity index (χ0n) is 11.1. The molecule has 0 radical (unpaired) electrons. The summed E-state index contributed by atoms with van der Waals surface area (Å²) in [7, 11) is 3.22. The number of nitrogens with one attached hydrogen (secondary N) is 1. The molecular weight excluding hydrogens is 232 g/mol. The Kier molecular flexibility index (Phi) is 5.17. The number of rotatable bonds is 5. The number of amides is 1. The monoisotopic (exact) mass is 250 g/mol. The van der Waals surface area contributed by atoms with Crippen molar-refractivity contribution in [2.24, 2.45) is 5.10 Å². The van der Waals surface area contributed by atoms with Crippen molar-refractivity contribution >= 4 is 12.1 Å². The van der Waals surface area contributed by atoms with Crippen LogP contribution >= 0.6 is 0 Å². The molecule has 0 saturated carbocycles. The number of benzene rings is 1. The molecule has 0 aliphatic heterocycles. The highest BCUT2D eigenvalue weighted by Crippen LogP contribution is 2.31. The number of hydrogen-bond donors (Lipinski definition) is 1. The average molecular weight is 250 g/mol. The second-order valence-corrected chi connectivity index (χ2v) is 3.65. The Bertz CT molecular complexity index is 456. The van der Waals surface area contributed by atoms with Crippen molar-refractivity contribution in [3.05, 3.63) is 23.3 Å². The van der Waals surface area contributed by atoms with Crippen molar-refractivity contribution in [2.45, 2.75) is 20.3 Å². The van der Waals surface area contributed by atoms with E-state index >= 15 is 0 Å². The first-order valence-corrected chi connectivity index (χ1v) is 5.67. The Morgan fingerprint density at radius 3 is 2.61 bits per heavy atom. The SMILES string of the molecule is CCc1c(OC)ccc(/C=N\NC(C)=O)c1OC. The van der Waals surface area contributed by atoms with Crippen molar-refractivity contribution in [2.75, 3.05) is 14.2 Å². The Hall–Kier alpha value is -2.04. The van der Waals surface area contributed by atoms with E-state index in [0.717, 1.165) is 23.3 Å². The molecule has 1 amide bonds. The van der Waals surface area contributed by atoms with Gasteiger partial charge in [0.05, 0.1) is 20.4 Å². The highest BCUT2D eigenvalue weighted by atomic mass is 16.5. The molecule has 0 bridgehead atoms. The van der Waals surface area contributed by atoms with Crippen LogP contribution in [0.25, 0.3) is 0 Å². The lowest BCUT2D eigenvalue weighted by molar-refractivity contribution is -0.118. The Balaban J connectivity index is 3.12. The molecule has 0 aliphatic carbocycles. The van der Waals surface area contributed by atoms with Gasteiger partial charge in [0.25, 0.3) is 0 Å². The second-order valence-electron chi connectivity index (χ2n) is 3.65. The van der Waals surface area contributed by atoms with Gasteiger partial charge in [0.15, 0.2) is 0 Å². The number of methoxy groups -OCH3 is 2. The van der Waals surface area contributed by atoms with Crippen LogP contribution in [0.15, 0.2) is 17.2 Å². The maximum absolute atomic E-state index is 10.7. The maximum Gasteiger partial charge on any atom is 0.236 e. The fraction of sp³-hybridized carbons (Fsp3) is 0.385. The number of nitrogens with zero attached hydrogens (tertiary/aromatic N) is 1. The molecule has 1 aromatic carbocycles. The zero-order valence-corrected chi connectivity index (χ0v) is 11.1. The first kappa shape index (κ1) is 14.0. The minimum Gasteiger partial charge on any atom is -0.496 e. The standard InChI is InChI=1S/C13H18N2O3/c1-5-11-12(17-3)7-6-10(13(11)18-4)8-14-15-9(2)16/h6-8H,5H2,1-4H3,(H,15,16)/b14-8-. The van der Waals surface area contributed by atoms with Gasteiger partial charge in [0, 0.05) is 18.1 Å². The molecule has 1 aromatic rings. The van der Waals surface area contributed by atoms with Crippen LogP contribution in [-0.2, 0) is 11.2 Å². The molecule has 0 aliphatic rings. The zero-order chi connectivity index (χ0) is 13.5. The third-order valence-corrected chi connectivity index (χ3v) is 2.45. The van der Waals surface area contributed by atoms with Crippen molar-refractivity contribution < 1.29 is 14.3 Å². The van der Waals surface area contributed by atoms with Gasteiger partial charge in [-0.15, -0.1) is 0 Å². The van der Waals surface area contributed by atoms with Crippen LogP contribution in [0.3, 0.4) is 0 Å². The van der Waals surface area contributed by atoms with Crippen LogP contribution in [0.4, 0.5) is 0 Å². The van der Waals surface area contributed by atoms with Crippen LogP contribution < -0.4 is 14.9 Å². The van der Waals surface area contributed by atoms with E-state index in [1.807, 2.05) is 19.1 Å². The first-order chi connectivity index (χ1) is 8.63. The fourth-order valence-electron chi connectivity index (χ4n) is 1.69. The molecule has 0 fully saturated rings. The summed E-state index contributed by atoms with van der Waals surface area (Å²) in [6.45, 7) is 3.43. The Labute approximate surface area is 107 Å². The molecule has 0 unspecified atom stereocenters. The van der Waals surface area contributed by atoms with Crippen molar-refractivity contribution in [3.63, 3.8) is 0 Å². The van der Waals surface area contributed by atoms with Crippen molar-refractivity contribution in [3.8, 4) is 11.5 Å². The molecular formula is C13H18N2O3. The molecule has 5 nitrogen and oxygen atoms in total. The summed E-state index contributed by atoms with van der Waals surface area (Å²) in [4.78, 5) is 10.7. The highest BCUT2D eigenvalue weighted by Gasteiger charge is 2.12. The minimum absolute atomic E-state index is 0.213. The molecule has 1 N–H and O–H groups in total. The molecule has 0 heterocycles. The first-order valence-electron chi connectivity index (χ1n) is 5.67. The third-order valence-electron chi connectivity index (χ3n) is 2.45. The van der Waals surface area contributed by atoms with E-state index < -0.39 is 0 Å². The van der Waals surface area contributed by atoms with Gasteiger partial charge in [-0.2, -0.15) is 5.10 Å². The van der Waals surface area contributed by atoms with E-state index in [2.05, 4.69) is 10.5 Å². The molecule has 98 valence electrons. The molecule has 0 saturated heterocycles. The van der Waals surface area contributed by atoms with Crippen LogP contribution in [0, 0.1) is 0 Å². The van der Waals surface area contributed by atoms with Gasteiger partial charge >= 0.3 is 0 Å².